The first-order valence-electron chi connectivity index (χ1n) is 7.68. The van der Waals surface area contributed by atoms with Crippen molar-refractivity contribution >= 4 is 17.9 Å². The number of hydrogen-bond donors (Lipinski definition) is 0. The van der Waals surface area contributed by atoms with Gasteiger partial charge in [0.05, 0.1) is 0 Å². The van der Waals surface area contributed by atoms with E-state index >= 15 is 0 Å². The van der Waals surface area contributed by atoms with Gasteiger partial charge in [0.25, 0.3) is 0 Å². The summed E-state index contributed by atoms with van der Waals surface area (Å²) in [4.78, 5) is 16.4. The molecule has 120 valence electrons. The molecular weight excluding hydrogens is 306 g/mol. The molecule has 5 nitrogen and oxygen atoms in total. The van der Waals surface area contributed by atoms with Crippen molar-refractivity contribution in [2.45, 2.75) is 6.92 Å². The standard InChI is InChI=1S/C19H15NO4/c1-12-2-5-14(6-3-12)18-20-15(19(21)24-18)10-13-4-7-16-17(11-13)23-9-8-22-16/h2-7,10-11H,8-9H2,1H3/b15-10-. The highest BCUT2D eigenvalue weighted by atomic mass is 16.6. The fourth-order valence-corrected chi connectivity index (χ4v) is 2.54. The minimum absolute atomic E-state index is 0.266. The van der Waals surface area contributed by atoms with Crippen molar-refractivity contribution in [1.82, 2.24) is 0 Å². The van der Waals surface area contributed by atoms with Crippen LogP contribution >= 0.6 is 0 Å². The number of fused-ring (bicyclic) bond motifs is 1. The van der Waals surface area contributed by atoms with Crippen LogP contribution in [0.2, 0.25) is 0 Å². The van der Waals surface area contributed by atoms with E-state index in [4.69, 9.17) is 14.2 Å². The molecule has 24 heavy (non-hydrogen) atoms. The summed E-state index contributed by atoms with van der Waals surface area (Å²) in [5.41, 5.74) is 2.98. The molecule has 0 aromatic heterocycles. The summed E-state index contributed by atoms with van der Waals surface area (Å²) in [6.07, 6.45) is 1.68. The number of benzene rings is 2. The lowest BCUT2D eigenvalue weighted by molar-refractivity contribution is -0.129. The van der Waals surface area contributed by atoms with E-state index in [1.54, 1.807) is 6.08 Å². The first kappa shape index (κ1) is 14.5. The van der Waals surface area contributed by atoms with Crippen molar-refractivity contribution in [2.75, 3.05) is 13.2 Å². The Bertz CT molecular complexity index is 865. The van der Waals surface area contributed by atoms with Crippen LogP contribution in [0.25, 0.3) is 6.08 Å². The van der Waals surface area contributed by atoms with E-state index in [0.717, 1.165) is 16.7 Å². The Morgan fingerprint density at radius 2 is 1.75 bits per heavy atom. The maximum Gasteiger partial charge on any atom is 0.363 e. The average molecular weight is 321 g/mol. The van der Waals surface area contributed by atoms with Crippen molar-refractivity contribution in [2.24, 2.45) is 4.99 Å². The molecule has 0 saturated carbocycles. The largest absolute Gasteiger partial charge is 0.486 e. The zero-order valence-electron chi connectivity index (χ0n) is 13.1. The van der Waals surface area contributed by atoms with Crippen LogP contribution in [0.4, 0.5) is 0 Å². The quantitative estimate of drug-likeness (QED) is 0.630. The van der Waals surface area contributed by atoms with Crippen LogP contribution in [0.3, 0.4) is 0 Å². The number of ether oxygens (including phenoxy) is 3. The number of aryl methyl sites for hydroxylation is 1. The molecule has 0 amide bonds. The Kier molecular flexibility index (Phi) is 3.54. The Labute approximate surface area is 139 Å². The fraction of sp³-hybridized carbons (Fsp3) is 0.158. The molecule has 0 saturated heterocycles. The maximum atomic E-state index is 12.1. The molecule has 0 unspecified atom stereocenters. The molecule has 0 aliphatic carbocycles. The number of cyclic esters (lactones) is 1. The normalized spacial score (nSPS) is 17.6. The van der Waals surface area contributed by atoms with Crippen LogP contribution < -0.4 is 9.47 Å². The monoisotopic (exact) mass is 321 g/mol. The molecule has 4 rings (SSSR count). The molecule has 2 aliphatic heterocycles. The first-order valence-corrected chi connectivity index (χ1v) is 7.68. The summed E-state index contributed by atoms with van der Waals surface area (Å²) in [5.74, 6) is 1.25. The highest BCUT2D eigenvalue weighted by Gasteiger charge is 2.24. The molecule has 5 heteroatoms. The van der Waals surface area contributed by atoms with Crippen LogP contribution in [0.5, 0.6) is 11.5 Å². The van der Waals surface area contributed by atoms with Gasteiger partial charge >= 0.3 is 5.97 Å². The molecule has 2 aliphatic rings. The third-order valence-corrected chi connectivity index (χ3v) is 3.79. The zero-order valence-corrected chi connectivity index (χ0v) is 13.1. The van der Waals surface area contributed by atoms with Crippen LogP contribution in [-0.4, -0.2) is 25.1 Å². The van der Waals surface area contributed by atoms with Crippen LogP contribution in [0.1, 0.15) is 16.7 Å². The van der Waals surface area contributed by atoms with Crippen LogP contribution in [0.15, 0.2) is 53.2 Å². The molecule has 2 aromatic carbocycles. The molecule has 0 spiro atoms. The summed E-state index contributed by atoms with van der Waals surface area (Å²) in [5, 5.41) is 0. The summed E-state index contributed by atoms with van der Waals surface area (Å²) < 4.78 is 16.3. The van der Waals surface area contributed by atoms with Crippen LogP contribution in [0, 0.1) is 6.92 Å². The van der Waals surface area contributed by atoms with Gasteiger partial charge in [-0.25, -0.2) is 9.79 Å². The lowest BCUT2D eigenvalue weighted by atomic mass is 10.1. The fourth-order valence-electron chi connectivity index (χ4n) is 2.54. The number of carbonyl (C=O) groups is 1. The van der Waals surface area contributed by atoms with Gasteiger partial charge < -0.3 is 14.2 Å². The van der Waals surface area contributed by atoms with Gasteiger partial charge in [0, 0.05) is 5.56 Å². The third kappa shape index (κ3) is 2.76. The second-order valence-corrected chi connectivity index (χ2v) is 5.61. The first-order chi connectivity index (χ1) is 11.7. The second kappa shape index (κ2) is 5.85. The van der Waals surface area contributed by atoms with Gasteiger partial charge in [-0.15, -0.1) is 0 Å². The average Bonchev–Trinajstić information content (AvgIpc) is 2.96. The predicted molar refractivity (Wildman–Crippen MR) is 89.2 cm³/mol. The zero-order chi connectivity index (χ0) is 16.5. The summed E-state index contributed by atoms with van der Waals surface area (Å²) in [7, 11) is 0. The highest BCUT2D eigenvalue weighted by molar-refractivity contribution is 6.12. The summed E-state index contributed by atoms with van der Waals surface area (Å²) in [6.45, 7) is 3.06. The molecule has 0 fully saturated rings. The lowest BCUT2D eigenvalue weighted by Gasteiger charge is -2.18. The minimum atomic E-state index is -0.458. The molecular formula is C19H15NO4. The third-order valence-electron chi connectivity index (χ3n) is 3.79. The SMILES string of the molecule is Cc1ccc(C2=N/C(=C\c3ccc4c(c3)OCCO4)C(=O)O2)cc1. The van der Waals surface area contributed by atoms with E-state index < -0.39 is 5.97 Å². The van der Waals surface area contributed by atoms with Crippen molar-refractivity contribution in [3.05, 3.63) is 64.9 Å². The lowest BCUT2D eigenvalue weighted by Crippen LogP contribution is -2.15. The van der Waals surface area contributed by atoms with Crippen molar-refractivity contribution in [1.29, 1.82) is 0 Å². The summed E-state index contributed by atoms with van der Waals surface area (Å²) in [6, 6.07) is 13.2. The second-order valence-electron chi connectivity index (χ2n) is 5.61. The Hall–Kier alpha value is -3.08. The van der Waals surface area contributed by atoms with E-state index in [9.17, 15) is 4.79 Å². The van der Waals surface area contributed by atoms with E-state index in [0.29, 0.717) is 30.6 Å². The molecule has 2 aromatic rings. The number of hydrogen-bond acceptors (Lipinski definition) is 5. The van der Waals surface area contributed by atoms with Crippen molar-refractivity contribution in [3.63, 3.8) is 0 Å². The van der Waals surface area contributed by atoms with Gasteiger partial charge in [-0.3, -0.25) is 0 Å². The van der Waals surface area contributed by atoms with Gasteiger partial charge in [0.15, 0.2) is 17.2 Å². The number of nitrogens with zero attached hydrogens (tertiary/aromatic N) is 1. The minimum Gasteiger partial charge on any atom is -0.486 e. The van der Waals surface area contributed by atoms with Gasteiger partial charge in [-0.05, 0) is 42.8 Å². The number of rotatable bonds is 2. The van der Waals surface area contributed by atoms with E-state index in [1.807, 2.05) is 49.4 Å². The van der Waals surface area contributed by atoms with Gasteiger partial charge in [0.2, 0.25) is 5.90 Å². The topological polar surface area (TPSA) is 57.1 Å². The smallest absolute Gasteiger partial charge is 0.363 e. The molecule has 0 N–H and O–H groups in total. The molecule has 0 bridgehead atoms. The Morgan fingerprint density at radius 1 is 1.00 bits per heavy atom. The molecule has 2 heterocycles. The number of carbonyl (C=O) groups excluding carboxylic acids is 1. The Balaban J connectivity index is 1.64. The van der Waals surface area contributed by atoms with Crippen molar-refractivity contribution < 1.29 is 19.0 Å². The molecule has 0 atom stereocenters. The maximum absolute atomic E-state index is 12.1. The van der Waals surface area contributed by atoms with Gasteiger partial charge in [-0.1, -0.05) is 23.8 Å². The van der Waals surface area contributed by atoms with Crippen molar-refractivity contribution in [3.8, 4) is 11.5 Å². The van der Waals surface area contributed by atoms with Gasteiger partial charge in [-0.2, -0.15) is 0 Å². The van der Waals surface area contributed by atoms with E-state index in [1.165, 1.54) is 0 Å². The molecule has 0 radical (unpaired) electrons. The van der Waals surface area contributed by atoms with Gasteiger partial charge in [0.1, 0.15) is 13.2 Å². The number of aliphatic imine (C=N–C) groups is 1. The summed E-state index contributed by atoms with van der Waals surface area (Å²) >= 11 is 0. The van der Waals surface area contributed by atoms with E-state index in [2.05, 4.69) is 4.99 Å². The number of esters is 1. The van der Waals surface area contributed by atoms with Crippen LogP contribution in [-0.2, 0) is 9.53 Å². The highest BCUT2D eigenvalue weighted by Crippen LogP contribution is 2.32. The Morgan fingerprint density at radius 3 is 2.54 bits per heavy atom. The van der Waals surface area contributed by atoms with E-state index in [-0.39, 0.29) is 5.70 Å². The predicted octanol–water partition coefficient (Wildman–Crippen LogP) is 3.11.